The first kappa shape index (κ1) is 18.5. The molecule has 26 heavy (non-hydrogen) atoms. The Labute approximate surface area is 155 Å². The Morgan fingerprint density at radius 3 is 2.62 bits per heavy atom. The summed E-state index contributed by atoms with van der Waals surface area (Å²) >= 11 is 1.42. The molecule has 8 heteroatoms. The predicted octanol–water partition coefficient (Wildman–Crippen LogP) is 3.74. The van der Waals surface area contributed by atoms with Crippen LogP contribution in [0.15, 0.2) is 53.4 Å². The summed E-state index contributed by atoms with van der Waals surface area (Å²) in [5.74, 6) is -0.559. The maximum absolute atomic E-state index is 13.5. The molecule has 0 aliphatic heterocycles. The van der Waals surface area contributed by atoms with Gasteiger partial charge in [0.25, 0.3) is 0 Å². The van der Waals surface area contributed by atoms with Crippen LogP contribution >= 0.6 is 11.3 Å². The van der Waals surface area contributed by atoms with Gasteiger partial charge >= 0.3 is 0 Å². The van der Waals surface area contributed by atoms with Crippen LogP contribution in [0, 0.1) is 12.7 Å². The standard InChI is InChI=1S/C18H17FN2O3S2/c1-12-16(25-18(21-12)13-6-4-3-5-7-13)11-20-26(22,23)17-10-14(19)8-9-15(17)24-2/h3-10,20H,11H2,1-2H3. The molecule has 0 saturated heterocycles. The number of halogens is 1. The van der Waals surface area contributed by atoms with Crippen molar-refractivity contribution in [2.24, 2.45) is 0 Å². The zero-order valence-electron chi connectivity index (χ0n) is 14.2. The smallest absolute Gasteiger partial charge is 0.244 e. The SMILES string of the molecule is COc1ccc(F)cc1S(=O)(=O)NCc1sc(-c2ccccc2)nc1C. The highest BCUT2D eigenvalue weighted by Crippen LogP contribution is 2.29. The molecular weight excluding hydrogens is 375 g/mol. The van der Waals surface area contributed by atoms with E-state index in [0.29, 0.717) is 0 Å². The van der Waals surface area contributed by atoms with E-state index in [1.165, 1.54) is 24.5 Å². The highest BCUT2D eigenvalue weighted by atomic mass is 32.2. The summed E-state index contributed by atoms with van der Waals surface area (Å²) in [5, 5.41) is 0.820. The number of benzene rings is 2. The molecule has 1 N–H and O–H groups in total. The Hall–Kier alpha value is -2.29. The van der Waals surface area contributed by atoms with Gasteiger partial charge in [0.15, 0.2) is 0 Å². The molecule has 1 heterocycles. The molecule has 1 aromatic heterocycles. The van der Waals surface area contributed by atoms with Crippen molar-refractivity contribution in [2.75, 3.05) is 7.11 Å². The van der Waals surface area contributed by atoms with E-state index < -0.39 is 15.8 Å². The summed E-state index contributed by atoms with van der Waals surface area (Å²) in [5.41, 5.74) is 1.73. The third kappa shape index (κ3) is 3.92. The van der Waals surface area contributed by atoms with Gasteiger partial charge in [0.1, 0.15) is 21.5 Å². The average Bonchev–Trinajstić information content (AvgIpc) is 3.02. The number of hydrogen-bond donors (Lipinski definition) is 1. The quantitative estimate of drug-likeness (QED) is 0.694. The van der Waals surface area contributed by atoms with Gasteiger partial charge in [0, 0.05) is 17.0 Å². The van der Waals surface area contributed by atoms with Crippen molar-refractivity contribution in [1.82, 2.24) is 9.71 Å². The van der Waals surface area contributed by atoms with Gasteiger partial charge in [0.2, 0.25) is 10.0 Å². The second-order valence-corrected chi connectivity index (χ2v) is 8.33. The Kier molecular flexibility index (Phi) is 5.36. The summed E-state index contributed by atoms with van der Waals surface area (Å²) < 4.78 is 46.1. The molecule has 3 rings (SSSR count). The number of rotatable bonds is 6. The lowest BCUT2D eigenvalue weighted by Gasteiger charge is -2.10. The summed E-state index contributed by atoms with van der Waals surface area (Å²) in [6, 6.07) is 13.0. The molecule has 2 aromatic carbocycles. The fourth-order valence-corrected chi connectivity index (χ4v) is 4.67. The monoisotopic (exact) mass is 392 g/mol. The van der Waals surface area contributed by atoms with E-state index >= 15 is 0 Å². The van der Waals surface area contributed by atoms with Gasteiger partial charge in [-0.1, -0.05) is 30.3 Å². The molecule has 0 radical (unpaired) electrons. The van der Waals surface area contributed by atoms with Crippen molar-refractivity contribution in [3.05, 3.63) is 64.9 Å². The average molecular weight is 392 g/mol. The van der Waals surface area contributed by atoms with Crippen LogP contribution in [-0.4, -0.2) is 20.5 Å². The van der Waals surface area contributed by atoms with Crippen LogP contribution in [0.5, 0.6) is 5.75 Å². The van der Waals surface area contributed by atoms with Gasteiger partial charge in [-0.25, -0.2) is 22.5 Å². The molecule has 0 amide bonds. The molecule has 0 atom stereocenters. The zero-order valence-corrected chi connectivity index (χ0v) is 15.8. The normalized spacial score (nSPS) is 11.5. The van der Waals surface area contributed by atoms with Crippen LogP contribution in [0.2, 0.25) is 0 Å². The van der Waals surface area contributed by atoms with Crippen molar-refractivity contribution in [1.29, 1.82) is 0 Å². The molecule has 5 nitrogen and oxygen atoms in total. The minimum atomic E-state index is -3.93. The molecule has 0 unspecified atom stereocenters. The van der Waals surface area contributed by atoms with Gasteiger partial charge in [-0.2, -0.15) is 0 Å². The minimum Gasteiger partial charge on any atom is -0.495 e. The van der Waals surface area contributed by atoms with Gasteiger partial charge in [-0.3, -0.25) is 0 Å². The first-order chi connectivity index (χ1) is 12.4. The molecule has 0 aliphatic rings. The van der Waals surface area contributed by atoms with E-state index in [1.807, 2.05) is 37.3 Å². The highest BCUT2D eigenvalue weighted by molar-refractivity contribution is 7.89. The second-order valence-electron chi connectivity index (χ2n) is 5.51. The van der Waals surface area contributed by atoms with Crippen LogP contribution in [0.1, 0.15) is 10.6 Å². The lowest BCUT2D eigenvalue weighted by Crippen LogP contribution is -2.23. The topological polar surface area (TPSA) is 68.3 Å². The molecule has 0 saturated carbocycles. The van der Waals surface area contributed by atoms with Crippen molar-refractivity contribution in [3.8, 4) is 16.3 Å². The first-order valence-electron chi connectivity index (χ1n) is 7.75. The number of aromatic nitrogens is 1. The van der Waals surface area contributed by atoms with Crippen LogP contribution < -0.4 is 9.46 Å². The Bertz CT molecular complexity index is 1020. The Morgan fingerprint density at radius 2 is 1.92 bits per heavy atom. The molecule has 0 spiro atoms. The van der Waals surface area contributed by atoms with Crippen molar-refractivity contribution >= 4 is 21.4 Å². The largest absolute Gasteiger partial charge is 0.495 e. The third-order valence-corrected chi connectivity index (χ3v) is 6.38. The van der Waals surface area contributed by atoms with Gasteiger partial charge < -0.3 is 4.74 Å². The number of thiazole rings is 1. The van der Waals surface area contributed by atoms with E-state index in [-0.39, 0.29) is 17.2 Å². The van der Waals surface area contributed by atoms with Crippen molar-refractivity contribution in [2.45, 2.75) is 18.4 Å². The number of methoxy groups -OCH3 is 1. The van der Waals surface area contributed by atoms with E-state index in [1.54, 1.807) is 0 Å². The van der Waals surface area contributed by atoms with Crippen LogP contribution in [0.3, 0.4) is 0 Å². The van der Waals surface area contributed by atoms with Gasteiger partial charge in [0.05, 0.1) is 12.8 Å². The predicted molar refractivity (Wildman–Crippen MR) is 99.3 cm³/mol. The van der Waals surface area contributed by atoms with E-state index in [9.17, 15) is 12.8 Å². The van der Waals surface area contributed by atoms with Gasteiger partial charge in [-0.15, -0.1) is 11.3 Å². The molecule has 0 fully saturated rings. The van der Waals surface area contributed by atoms with E-state index in [0.717, 1.165) is 33.3 Å². The second kappa shape index (κ2) is 7.53. The summed E-state index contributed by atoms with van der Waals surface area (Å²) in [6.45, 7) is 1.90. The molecule has 136 valence electrons. The van der Waals surface area contributed by atoms with E-state index in [2.05, 4.69) is 9.71 Å². The lowest BCUT2D eigenvalue weighted by molar-refractivity contribution is 0.400. The fraction of sp³-hybridized carbons (Fsp3) is 0.167. The number of aryl methyl sites for hydroxylation is 1. The lowest BCUT2D eigenvalue weighted by atomic mass is 10.2. The molecular formula is C18H17FN2O3S2. The van der Waals surface area contributed by atoms with Crippen molar-refractivity contribution in [3.63, 3.8) is 0 Å². The molecule has 3 aromatic rings. The number of ether oxygens (including phenoxy) is 1. The third-order valence-electron chi connectivity index (χ3n) is 3.75. The van der Waals surface area contributed by atoms with E-state index in [4.69, 9.17) is 4.74 Å². The minimum absolute atomic E-state index is 0.0678. The number of hydrogen-bond acceptors (Lipinski definition) is 5. The summed E-state index contributed by atoms with van der Waals surface area (Å²) in [6.07, 6.45) is 0. The highest BCUT2D eigenvalue weighted by Gasteiger charge is 2.21. The number of nitrogens with one attached hydrogen (secondary N) is 1. The van der Waals surface area contributed by atoms with Gasteiger partial charge in [-0.05, 0) is 25.1 Å². The van der Waals surface area contributed by atoms with Crippen LogP contribution in [-0.2, 0) is 16.6 Å². The Morgan fingerprint density at radius 1 is 1.19 bits per heavy atom. The maximum atomic E-state index is 13.5. The molecule has 0 bridgehead atoms. The summed E-state index contributed by atoms with van der Waals surface area (Å²) in [4.78, 5) is 5.06. The molecule has 0 aliphatic carbocycles. The van der Waals surface area contributed by atoms with Crippen LogP contribution in [0.4, 0.5) is 4.39 Å². The fourth-order valence-electron chi connectivity index (χ4n) is 2.40. The first-order valence-corrected chi connectivity index (χ1v) is 10.1. The van der Waals surface area contributed by atoms with Crippen molar-refractivity contribution < 1.29 is 17.5 Å². The number of sulfonamides is 1. The number of nitrogens with zero attached hydrogens (tertiary/aromatic N) is 1. The Balaban J connectivity index is 1.83. The van der Waals surface area contributed by atoms with Crippen LogP contribution in [0.25, 0.3) is 10.6 Å². The maximum Gasteiger partial charge on any atom is 0.244 e. The zero-order chi connectivity index (χ0) is 18.7. The summed E-state index contributed by atoms with van der Waals surface area (Å²) in [7, 11) is -2.59.